The van der Waals surface area contributed by atoms with Gasteiger partial charge in [0.05, 0.1) is 5.69 Å². The molecule has 1 aromatic rings. The minimum absolute atomic E-state index is 0.0163. The highest BCUT2D eigenvalue weighted by Crippen LogP contribution is 2.21. The highest BCUT2D eigenvalue weighted by Gasteiger charge is 2.20. The Labute approximate surface area is 94.2 Å². The summed E-state index contributed by atoms with van der Waals surface area (Å²) in [4.78, 5) is 14.4. The zero-order chi connectivity index (χ0) is 11.4. The van der Waals surface area contributed by atoms with Crippen LogP contribution in [0, 0.1) is 0 Å². The lowest BCUT2D eigenvalue weighted by Gasteiger charge is -2.24. The minimum Gasteiger partial charge on any atom is -0.397 e. The average molecular weight is 224 g/mol. The van der Waals surface area contributed by atoms with Crippen molar-refractivity contribution in [1.29, 1.82) is 0 Å². The zero-order valence-corrected chi connectivity index (χ0v) is 9.88. The highest BCUT2D eigenvalue weighted by molar-refractivity contribution is 7.12. The van der Waals surface area contributed by atoms with Gasteiger partial charge in [0.2, 0.25) is 0 Å². The summed E-state index contributed by atoms with van der Waals surface area (Å²) in [5.74, 6) is -0.0163. The highest BCUT2D eigenvalue weighted by atomic mass is 32.1. The third-order valence-corrected chi connectivity index (χ3v) is 3.02. The molecule has 0 unspecified atom stereocenters. The summed E-state index contributed by atoms with van der Waals surface area (Å²) in [6.45, 7) is 8.15. The van der Waals surface area contributed by atoms with Gasteiger partial charge in [0.15, 0.2) is 0 Å². The molecule has 1 heterocycles. The Morgan fingerprint density at radius 1 is 1.73 bits per heavy atom. The lowest BCUT2D eigenvalue weighted by Crippen LogP contribution is -2.36. The SMILES string of the molecule is C=CCN(C(=O)c1sccc1N)C(C)C. The van der Waals surface area contributed by atoms with Crippen LogP contribution in [-0.4, -0.2) is 23.4 Å². The van der Waals surface area contributed by atoms with Gasteiger partial charge in [0.1, 0.15) is 4.88 Å². The van der Waals surface area contributed by atoms with Gasteiger partial charge in [-0.3, -0.25) is 4.79 Å². The second kappa shape index (κ2) is 4.98. The number of carbonyl (C=O) groups excluding carboxylic acids is 1. The monoisotopic (exact) mass is 224 g/mol. The molecule has 2 N–H and O–H groups in total. The summed E-state index contributed by atoms with van der Waals surface area (Å²) in [7, 11) is 0. The van der Waals surface area contributed by atoms with Gasteiger partial charge in [-0.05, 0) is 25.3 Å². The molecule has 0 atom stereocenters. The Balaban J connectivity index is 2.90. The minimum atomic E-state index is -0.0163. The molecule has 0 aliphatic carbocycles. The first-order valence-corrected chi connectivity index (χ1v) is 5.70. The molecule has 0 radical (unpaired) electrons. The molecule has 1 amide bonds. The first-order chi connectivity index (χ1) is 7.07. The fourth-order valence-electron chi connectivity index (χ4n) is 1.29. The van der Waals surface area contributed by atoms with E-state index in [1.54, 1.807) is 17.0 Å². The van der Waals surface area contributed by atoms with Crippen LogP contribution in [0.25, 0.3) is 0 Å². The van der Waals surface area contributed by atoms with Crippen molar-refractivity contribution in [2.75, 3.05) is 12.3 Å². The molecule has 0 bridgehead atoms. The normalized spacial score (nSPS) is 10.3. The second-order valence-corrected chi connectivity index (χ2v) is 4.46. The molecule has 4 heteroatoms. The van der Waals surface area contributed by atoms with Crippen LogP contribution in [0.5, 0.6) is 0 Å². The Hall–Kier alpha value is -1.29. The van der Waals surface area contributed by atoms with E-state index < -0.39 is 0 Å². The van der Waals surface area contributed by atoms with Gasteiger partial charge in [0, 0.05) is 12.6 Å². The number of nitrogen functional groups attached to an aromatic ring is 1. The Morgan fingerprint density at radius 2 is 2.40 bits per heavy atom. The predicted octanol–water partition coefficient (Wildman–Crippen LogP) is 2.37. The number of anilines is 1. The van der Waals surface area contributed by atoms with Gasteiger partial charge in [-0.15, -0.1) is 17.9 Å². The van der Waals surface area contributed by atoms with E-state index in [1.807, 2.05) is 19.2 Å². The van der Waals surface area contributed by atoms with Crippen LogP contribution in [0.1, 0.15) is 23.5 Å². The molecule has 1 rings (SSSR count). The molecule has 82 valence electrons. The number of rotatable bonds is 4. The number of carbonyl (C=O) groups is 1. The van der Waals surface area contributed by atoms with Gasteiger partial charge in [-0.25, -0.2) is 0 Å². The quantitative estimate of drug-likeness (QED) is 0.798. The molecule has 0 aromatic carbocycles. The maximum atomic E-state index is 12.1. The smallest absolute Gasteiger partial charge is 0.266 e. The van der Waals surface area contributed by atoms with E-state index in [0.29, 0.717) is 17.1 Å². The van der Waals surface area contributed by atoms with Crippen molar-refractivity contribution < 1.29 is 4.79 Å². The van der Waals surface area contributed by atoms with Crippen molar-refractivity contribution in [2.24, 2.45) is 0 Å². The van der Waals surface area contributed by atoms with Crippen LogP contribution in [0.3, 0.4) is 0 Å². The number of amides is 1. The van der Waals surface area contributed by atoms with Gasteiger partial charge in [-0.1, -0.05) is 6.08 Å². The molecule has 0 saturated heterocycles. The standard InChI is InChI=1S/C11H16N2OS/c1-4-6-13(8(2)3)11(14)10-9(12)5-7-15-10/h4-5,7-8H,1,6,12H2,2-3H3. The summed E-state index contributed by atoms with van der Waals surface area (Å²) < 4.78 is 0. The van der Waals surface area contributed by atoms with Crippen LogP contribution in [0.4, 0.5) is 5.69 Å². The first-order valence-electron chi connectivity index (χ1n) is 4.82. The summed E-state index contributed by atoms with van der Waals surface area (Å²) in [5.41, 5.74) is 6.27. The molecule has 15 heavy (non-hydrogen) atoms. The van der Waals surface area contributed by atoms with Crippen molar-refractivity contribution in [3.8, 4) is 0 Å². The molecule has 0 fully saturated rings. The fourth-order valence-corrected chi connectivity index (χ4v) is 2.06. The maximum absolute atomic E-state index is 12.1. The third kappa shape index (κ3) is 2.59. The molecule has 3 nitrogen and oxygen atoms in total. The topological polar surface area (TPSA) is 46.3 Å². The summed E-state index contributed by atoms with van der Waals surface area (Å²) in [6.07, 6.45) is 1.72. The van der Waals surface area contributed by atoms with Gasteiger partial charge in [-0.2, -0.15) is 0 Å². The van der Waals surface area contributed by atoms with E-state index in [0.717, 1.165) is 0 Å². The molecule has 0 spiro atoms. The Morgan fingerprint density at radius 3 is 2.80 bits per heavy atom. The number of thiophene rings is 1. The van der Waals surface area contributed by atoms with Crippen LogP contribution in [-0.2, 0) is 0 Å². The number of hydrogen-bond donors (Lipinski definition) is 1. The number of nitrogens with zero attached hydrogens (tertiary/aromatic N) is 1. The van der Waals surface area contributed by atoms with Crippen molar-refractivity contribution in [2.45, 2.75) is 19.9 Å². The molecular weight excluding hydrogens is 208 g/mol. The van der Waals surface area contributed by atoms with Crippen molar-refractivity contribution in [3.05, 3.63) is 29.0 Å². The van der Waals surface area contributed by atoms with Crippen molar-refractivity contribution in [3.63, 3.8) is 0 Å². The van der Waals surface area contributed by atoms with Crippen LogP contribution in [0.2, 0.25) is 0 Å². The van der Waals surface area contributed by atoms with E-state index in [2.05, 4.69) is 6.58 Å². The van der Waals surface area contributed by atoms with Crippen molar-refractivity contribution >= 4 is 22.9 Å². The first kappa shape index (κ1) is 11.8. The lowest BCUT2D eigenvalue weighted by atomic mass is 10.2. The van der Waals surface area contributed by atoms with E-state index in [4.69, 9.17) is 5.73 Å². The van der Waals surface area contributed by atoms with E-state index in [-0.39, 0.29) is 11.9 Å². The van der Waals surface area contributed by atoms with Crippen molar-refractivity contribution in [1.82, 2.24) is 4.90 Å². The van der Waals surface area contributed by atoms with E-state index >= 15 is 0 Å². The summed E-state index contributed by atoms with van der Waals surface area (Å²) in [5, 5.41) is 1.83. The third-order valence-electron chi connectivity index (χ3n) is 2.10. The van der Waals surface area contributed by atoms with Gasteiger partial charge in [0.25, 0.3) is 5.91 Å². The Bertz CT molecular complexity index is 357. The fraction of sp³-hybridized carbons (Fsp3) is 0.364. The Kier molecular flexibility index (Phi) is 3.91. The predicted molar refractivity (Wildman–Crippen MR) is 65.1 cm³/mol. The van der Waals surface area contributed by atoms with Crippen LogP contribution < -0.4 is 5.73 Å². The summed E-state index contributed by atoms with van der Waals surface area (Å²) >= 11 is 1.38. The van der Waals surface area contributed by atoms with Gasteiger partial charge >= 0.3 is 0 Å². The maximum Gasteiger partial charge on any atom is 0.266 e. The zero-order valence-electron chi connectivity index (χ0n) is 9.06. The number of nitrogens with two attached hydrogens (primary N) is 1. The number of hydrogen-bond acceptors (Lipinski definition) is 3. The average Bonchev–Trinajstić information content (AvgIpc) is 2.59. The van der Waals surface area contributed by atoms with Gasteiger partial charge < -0.3 is 10.6 Å². The summed E-state index contributed by atoms with van der Waals surface area (Å²) in [6, 6.07) is 1.90. The van der Waals surface area contributed by atoms with Crippen LogP contribution in [0.15, 0.2) is 24.1 Å². The lowest BCUT2D eigenvalue weighted by molar-refractivity contribution is 0.0734. The molecule has 0 aliphatic heterocycles. The largest absolute Gasteiger partial charge is 0.397 e. The molecule has 1 aromatic heterocycles. The molecule has 0 saturated carbocycles. The van der Waals surface area contributed by atoms with E-state index in [1.165, 1.54) is 11.3 Å². The van der Waals surface area contributed by atoms with E-state index in [9.17, 15) is 4.79 Å². The second-order valence-electron chi connectivity index (χ2n) is 3.55. The molecular formula is C11H16N2OS. The molecule has 0 aliphatic rings. The van der Waals surface area contributed by atoms with Crippen LogP contribution >= 0.6 is 11.3 Å².